The first-order valence-corrected chi connectivity index (χ1v) is 15.9. The number of nitrogens with one attached hydrogen (secondary N) is 2. The van der Waals surface area contributed by atoms with Crippen LogP contribution in [-0.2, 0) is 19.5 Å². The molecule has 0 unspecified atom stereocenters. The minimum atomic E-state index is -4.50. The molecule has 8 nitrogen and oxygen atoms in total. The number of rotatable bonds is 8. The molecule has 0 amide bonds. The summed E-state index contributed by atoms with van der Waals surface area (Å²) in [4.78, 5) is 12.9. The molecule has 0 saturated carbocycles. The van der Waals surface area contributed by atoms with E-state index < -0.39 is 18.4 Å². The Bertz CT molecular complexity index is 1680. The number of halogens is 4. The highest BCUT2D eigenvalue weighted by atomic mass is 32.1. The van der Waals surface area contributed by atoms with Crippen LogP contribution < -0.4 is 10.6 Å². The number of aryl methyl sites for hydroxylation is 1. The Labute approximate surface area is 257 Å². The molecule has 5 heterocycles. The van der Waals surface area contributed by atoms with Crippen molar-refractivity contribution in [3.05, 3.63) is 52.0 Å². The van der Waals surface area contributed by atoms with E-state index in [4.69, 9.17) is 0 Å². The van der Waals surface area contributed by atoms with Gasteiger partial charge in [0.2, 0.25) is 0 Å². The Morgan fingerprint density at radius 2 is 1.91 bits per heavy atom. The number of fused-ring (bicyclic) bond motifs is 2. The van der Waals surface area contributed by atoms with E-state index in [-0.39, 0.29) is 27.0 Å². The number of benzene rings is 1. The highest BCUT2D eigenvalue weighted by Gasteiger charge is 2.32. The third kappa shape index (κ3) is 6.40. The summed E-state index contributed by atoms with van der Waals surface area (Å²) in [6.45, 7) is 11.5. The quantitative estimate of drug-likeness (QED) is 0.252. The molecule has 0 bridgehead atoms. The summed E-state index contributed by atoms with van der Waals surface area (Å²) in [5.74, 6) is -0.638. The van der Waals surface area contributed by atoms with Crippen molar-refractivity contribution in [1.82, 2.24) is 29.7 Å². The molecule has 2 N–H and O–H groups in total. The third-order valence-electron chi connectivity index (χ3n) is 8.98. The highest BCUT2D eigenvalue weighted by molar-refractivity contribution is 7.18. The van der Waals surface area contributed by atoms with Crippen molar-refractivity contribution in [3.8, 4) is 6.07 Å². The van der Waals surface area contributed by atoms with E-state index >= 15 is 0 Å². The molecule has 4 aromatic rings. The number of hydrogen-bond donors (Lipinski definition) is 2. The van der Waals surface area contributed by atoms with E-state index in [1.807, 2.05) is 6.07 Å². The lowest BCUT2D eigenvalue weighted by molar-refractivity contribution is -0.127. The summed E-state index contributed by atoms with van der Waals surface area (Å²) in [5.41, 5.74) is 4.16. The van der Waals surface area contributed by atoms with Gasteiger partial charge in [-0.3, -0.25) is 9.80 Å². The summed E-state index contributed by atoms with van der Waals surface area (Å²) < 4.78 is 55.9. The van der Waals surface area contributed by atoms with Crippen LogP contribution in [0.1, 0.15) is 41.5 Å². The number of piperazine rings is 1. The topological polar surface area (TPSA) is 85.0 Å². The Kier molecular flexibility index (Phi) is 8.79. The van der Waals surface area contributed by atoms with E-state index in [9.17, 15) is 22.8 Å². The van der Waals surface area contributed by atoms with Gasteiger partial charge in [0.05, 0.1) is 16.7 Å². The lowest BCUT2D eigenvalue weighted by atomic mass is 10.0. The second-order valence-corrected chi connectivity index (χ2v) is 13.0. The van der Waals surface area contributed by atoms with Gasteiger partial charge in [-0.15, -0.1) is 11.3 Å². The van der Waals surface area contributed by atoms with Crippen LogP contribution >= 0.6 is 11.3 Å². The second-order valence-electron chi connectivity index (χ2n) is 11.9. The number of hydrogen-bond acceptors (Lipinski definition) is 8. The molecule has 2 aliphatic rings. The average Bonchev–Trinajstić information content (AvgIpc) is 3.52. The van der Waals surface area contributed by atoms with Crippen LogP contribution in [0.4, 0.5) is 23.4 Å². The third-order valence-corrected chi connectivity index (χ3v) is 10.1. The number of aromatic nitrogens is 3. The minimum absolute atomic E-state index is 0.0168. The number of anilines is 1. The zero-order valence-corrected chi connectivity index (χ0v) is 25.7. The summed E-state index contributed by atoms with van der Waals surface area (Å²) >= 11 is 0.725. The smallest absolute Gasteiger partial charge is 0.367 e. The van der Waals surface area contributed by atoms with Gasteiger partial charge in [-0.05, 0) is 49.9 Å². The molecule has 0 aliphatic carbocycles. The minimum Gasteiger partial charge on any atom is -0.367 e. The van der Waals surface area contributed by atoms with Crippen molar-refractivity contribution in [2.45, 2.75) is 64.5 Å². The fraction of sp³-hybridized carbons (Fsp3) is 0.516. The Balaban J connectivity index is 1.11. The molecule has 1 aromatic carbocycles. The van der Waals surface area contributed by atoms with Gasteiger partial charge in [-0.2, -0.15) is 18.4 Å². The van der Waals surface area contributed by atoms with Gasteiger partial charge in [-0.25, -0.2) is 14.4 Å². The fourth-order valence-electron chi connectivity index (χ4n) is 6.50. The van der Waals surface area contributed by atoms with Crippen molar-refractivity contribution in [3.63, 3.8) is 0 Å². The number of piperidine rings is 1. The van der Waals surface area contributed by atoms with E-state index in [2.05, 4.69) is 67.0 Å². The SMILES string of the molecule is Cc1c(CN2CCC(Nc3ncnc4sc(CC(F)(F)F)c(F)c34)CC2)ccc2c1cc(C#N)n2C[C@H](C)N1CCNCC1. The van der Waals surface area contributed by atoms with Crippen LogP contribution in [0.2, 0.25) is 0 Å². The van der Waals surface area contributed by atoms with Gasteiger partial charge in [0.25, 0.3) is 0 Å². The largest absolute Gasteiger partial charge is 0.393 e. The van der Waals surface area contributed by atoms with Crippen molar-refractivity contribution in [2.24, 2.45) is 0 Å². The van der Waals surface area contributed by atoms with Crippen molar-refractivity contribution in [1.29, 1.82) is 5.26 Å². The standard InChI is InChI=1S/C31H36F4N8S/c1-19(42-11-7-37-8-12-42)16-43-23(15-36)13-24-20(2)21(3-4-25(24)43)17-41-9-5-22(6-10-41)40-29-27-28(32)26(14-31(33,34)35)44-30(27)39-18-38-29/h3-4,13,18-19,22,37H,5-12,14,16-17H2,1-2H3,(H,38,39,40)/t19-/m0/s1. The first kappa shape index (κ1) is 30.7. The summed E-state index contributed by atoms with van der Waals surface area (Å²) in [5, 5.41) is 17.8. The molecule has 44 heavy (non-hydrogen) atoms. The van der Waals surface area contributed by atoms with Crippen molar-refractivity contribution in [2.75, 3.05) is 44.6 Å². The molecule has 234 valence electrons. The molecule has 2 fully saturated rings. The number of nitriles is 1. The van der Waals surface area contributed by atoms with Gasteiger partial charge in [-0.1, -0.05) is 6.07 Å². The Morgan fingerprint density at radius 1 is 1.16 bits per heavy atom. The van der Waals surface area contributed by atoms with Gasteiger partial charge >= 0.3 is 6.18 Å². The second kappa shape index (κ2) is 12.6. The van der Waals surface area contributed by atoms with Crippen LogP contribution in [0, 0.1) is 24.1 Å². The highest BCUT2D eigenvalue weighted by Crippen LogP contribution is 2.36. The van der Waals surface area contributed by atoms with Crippen LogP contribution in [0.5, 0.6) is 0 Å². The fourth-order valence-corrected chi connectivity index (χ4v) is 7.55. The first-order chi connectivity index (χ1) is 21.1. The van der Waals surface area contributed by atoms with Crippen LogP contribution in [0.15, 0.2) is 24.5 Å². The van der Waals surface area contributed by atoms with Crippen LogP contribution in [0.25, 0.3) is 21.1 Å². The van der Waals surface area contributed by atoms with Crippen LogP contribution in [0.3, 0.4) is 0 Å². The molecular formula is C31H36F4N8S. The molecule has 6 rings (SSSR count). The zero-order valence-electron chi connectivity index (χ0n) is 24.8. The number of likely N-dealkylation sites (tertiary alicyclic amines) is 1. The van der Waals surface area contributed by atoms with Gasteiger partial charge in [0, 0.05) is 75.3 Å². The van der Waals surface area contributed by atoms with E-state index in [0.717, 1.165) is 87.4 Å². The number of nitrogens with zero attached hydrogens (tertiary/aromatic N) is 6. The lowest BCUT2D eigenvalue weighted by Crippen LogP contribution is -2.48. The Hall–Kier alpha value is -3.31. The maximum Gasteiger partial charge on any atom is 0.393 e. The van der Waals surface area contributed by atoms with Gasteiger partial charge < -0.3 is 15.2 Å². The maximum atomic E-state index is 15.0. The zero-order chi connectivity index (χ0) is 31.0. The van der Waals surface area contributed by atoms with E-state index in [1.54, 1.807) is 0 Å². The molecule has 0 radical (unpaired) electrons. The van der Waals surface area contributed by atoms with Gasteiger partial charge in [0.1, 0.15) is 28.7 Å². The lowest BCUT2D eigenvalue weighted by Gasteiger charge is -2.33. The molecule has 2 saturated heterocycles. The summed E-state index contributed by atoms with van der Waals surface area (Å²) in [6, 6.07) is 9.07. The van der Waals surface area contributed by atoms with Crippen LogP contribution in [-0.4, -0.2) is 81.9 Å². The number of alkyl halides is 3. The molecule has 2 aliphatic heterocycles. The van der Waals surface area contributed by atoms with Crippen molar-refractivity contribution < 1.29 is 17.6 Å². The first-order valence-electron chi connectivity index (χ1n) is 15.1. The predicted octanol–water partition coefficient (Wildman–Crippen LogP) is 5.44. The Morgan fingerprint density at radius 3 is 2.61 bits per heavy atom. The summed E-state index contributed by atoms with van der Waals surface area (Å²) in [7, 11) is 0. The van der Waals surface area contributed by atoms with E-state index in [0.29, 0.717) is 11.7 Å². The molecule has 1 atom stereocenters. The van der Waals surface area contributed by atoms with Crippen molar-refractivity contribution >= 4 is 38.3 Å². The molecule has 13 heteroatoms. The van der Waals surface area contributed by atoms with E-state index in [1.165, 1.54) is 17.5 Å². The molecule has 0 spiro atoms. The normalized spacial score (nSPS) is 18.2. The average molecular weight is 629 g/mol. The monoisotopic (exact) mass is 628 g/mol. The molecule has 3 aromatic heterocycles. The maximum absolute atomic E-state index is 15.0. The summed E-state index contributed by atoms with van der Waals surface area (Å²) in [6.07, 6.45) is -2.98. The van der Waals surface area contributed by atoms with Gasteiger partial charge in [0.15, 0.2) is 5.82 Å². The molecular weight excluding hydrogens is 592 g/mol. The predicted molar refractivity (Wildman–Crippen MR) is 164 cm³/mol. The number of thiophene rings is 1.